The highest BCUT2D eigenvalue weighted by Crippen LogP contribution is 2.31. The number of carbonyl (C=O) groups is 8. The van der Waals surface area contributed by atoms with E-state index in [1.807, 2.05) is 90.7 Å². The fourth-order valence-electron chi connectivity index (χ4n) is 11.2. The highest BCUT2D eigenvalue weighted by molar-refractivity contribution is 6.12. The summed E-state index contributed by atoms with van der Waals surface area (Å²) in [4.78, 5) is 120. The van der Waals surface area contributed by atoms with Crippen molar-refractivity contribution in [1.82, 2.24) is 40.6 Å². The van der Waals surface area contributed by atoms with Crippen LogP contribution in [0.1, 0.15) is 144 Å². The first-order valence-corrected chi connectivity index (χ1v) is 28.4. The molecule has 19 heteroatoms. The quantitative estimate of drug-likeness (QED) is 0.0625. The smallest absolute Gasteiger partial charge is 0.269 e. The van der Waals surface area contributed by atoms with Gasteiger partial charge in [-0.3, -0.25) is 53.0 Å². The highest BCUT2D eigenvalue weighted by Gasteiger charge is 2.44. The molecule has 2 saturated heterocycles. The van der Waals surface area contributed by atoms with Crippen molar-refractivity contribution in [3.63, 3.8) is 0 Å². The SMILES string of the molecule is CCC(C)C(C(CC(=O)N1CCC[C@H]1C(OC)C(C)C(=O)NC(C(=O)N1CCCCO1)C(C)c1ccccc1)OC)N(C)C(=O)C(NC(=O)C(C(C)C)N(C)CCCCCCNC(=O)CCCN1C(=O)C=CC1=O)C(C)C. The van der Waals surface area contributed by atoms with Crippen molar-refractivity contribution in [2.75, 3.05) is 67.6 Å². The van der Waals surface area contributed by atoms with Gasteiger partial charge in [-0.25, -0.2) is 5.06 Å². The van der Waals surface area contributed by atoms with Crippen molar-refractivity contribution in [2.24, 2.45) is 23.7 Å². The number of imide groups is 1. The van der Waals surface area contributed by atoms with E-state index in [1.54, 1.807) is 38.0 Å². The molecule has 3 N–H and O–H groups in total. The molecule has 4 rings (SSSR count). The van der Waals surface area contributed by atoms with Crippen LogP contribution in [-0.2, 0) is 52.7 Å². The van der Waals surface area contributed by atoms with Crippen molar-refractivity contribution < 1.29 is 52.7 Å². The van der Waals surface area contributed by atoms with Gasteiger partial charge in [-0.2, -0.15) is 0 Å². The minimum atomic E-state index is -0.903. The van der Waals surface area contributed by atoms with Crippen molar-refractivity contribution in [3.8, 4) is 0 Å². The second kappa shape index (κ2) is 32.0. The minimum absolute atomic E-state index is 0.0312. The number of unbranched alkanes of at least 4 members (excludes halogenated alkanes) is 3. The van der Waals surface area contributed by atoms with Crippen molar-refractivity contribution in [1.29, 1.82) is 0 Å². The summed E-state index contributed by atoms with van der Waals surface area (Å²) in [5.74, 6) is -3.70. The van der Waals surface area contributed by atoms with Gasteiger partial charge in [0.2, 0.25) is 29.5 Å². The molecule has 3 aliphatic heterocycles. The van der Waals surface area contributed by atoms with Gasteiger partial charge < -0.3 is 35.2 Å². The van der Waals surface area contributed by atoms with E-state index in [1.165, 1.54) is 17.2 Å². The Labute approximate surface area is 459 Å². The Bertz CT molecular complexity index is 2100. The number of hydrogen-bond donors (Lipinski definition) is 3. The number of hydroxylamine groups is 2. The summed E-state index contributed by atoms with van der Waals surface area (Å²) in [7, 11) is 6.75. The fourth-order valence-corrected chi connectivity index (χ4v) is 11.2. The molecule has 0 aliphatic carbocycles. The number of likely N-dealkylation sites (N-methyl/N-ethyl adjacent to an activating group) is 2. The summed E-state index contributed by atoms with van der Waals surface area (Å²) in [5.41, 5.74) is 0.898. The van der Waals surface area contributed by atoms with E-state index in [4.69, 9.17) is 14.3 Å². The molecule has 432 valence electrons. The van der Waals surface area contributed by atoms with Crippen molar-refractivity contribution >= 4 is 47.3 Å². The number of ether oxygens (including phenoxy) is 2. The van der Waals surface area contributed by atoms with Gasteiger partial charge in [0.1, 0.15) is 12.1 Å². The summed E-state index contributed by atoms with van der Waals surface area (Å²) >= 11 is 0. The Morgan fingerprint density at radius 2 is 1.44 bits per heavy atom. The van der Waals surface area contributed by atoms with E-state index in [0.717, 1.165) is 49.0 Å². The molecule has 0 aromatic heterocycles. The predicted octanol–water partition coefficient (Wildman–Crippen LogP) is 5.23. The molecule has 2 fully saturated rings. The Kier molecular flexibility index (Phi) is 26.7. The predicted molar refractivity (Wildman–Crippen MR) is 294 cm³/mol. The maximum atomic E-state index is 14.7. The molecule has 19 nitrogen and oxygen atoms in total. The average molecular weight is 1080 g/mol. The first-order valence-electron chi connectivity index (χ1n) is 28.4. The lowest BCUT2D eigenvalue weighted by Gasteiger charge is -2.41. The van der Waals surface area contributed by atoms with E-state index in [0.29, 0.717) is 58.5 Å². The van der Waals surface area contributed by atoms with Crippen LogP contribution in [0.3, 0.4) is 0 Å². The summed E-state index contributed by atoms with van der Waals surface area (Å²) in [6, 6.07) is 6.37. The zero-order valence-corrected chi connectivity index (χ0v) is 48.4. The van der Waals surface area contributed by atoms with E-state index in [9.17, 15) is 38.4 Å². The largest absolute Gasteiger partial charge is 0.379 e. The molecule has 1 aromatic carbocycles. The number of nitrogens with one attached hydrogen (secondary N) is 3. The van der Waals surface area contributed by atoms with Crippen LogP contribution in [0.2, 0.25) is 0 Å². The Morgan fingerprint density at radius 3 is 2.04 bits per heavy atom. The maximum absolute atomic E-state index is 14.7. The summed E-state index contributed by atoms with van der Waals surface area (Å²) in [6.45, 7) is 18.3. The average Bonchev–Trinajstić information content (AvgIpc) is 4.05. The summed E-state index contributed by atoms with van der Waals surface area (Å²) in [5, 5.41) is 10.5. The number of nitrogens with zero attached hydrogens (tertiary/aromatic N) is 5. The topological polar surface area (TPSA) is 217 Å². The van der Waals surface area contributed by atoms with Gasteiger partial charge in [0.25, 0.3) is 17.7 Å². The lowest BCUT2D eigenvalue weighted by Crippen LogP contribution is -2.60. The number of likely N-dealkylation sites (tertiary alicyclic amines) is 1. The monoisotopic (exact) mass is 1080 g/mol. The molecule has 9 unspecified atom stereocenters. The lowest BCUT2D eigenvalue weighted by atomic mass is 9.89. The molecular formula is C58H94N8O11. The van der Waals surface area contributed by atoms with E-state index in [2.05, 4.69) is 16.0 Å². The lowest BCUT2D eigenvalue weighted by molar-refractivity contribution is -0.200. The fraction of sp³-hybridized carbons (Fsp3) is 0.724. The van der Waals surface area contributed by atoms with Gasteiger partial charge >= 0.3 is 0 Å². The number of amides is 8. The van der Waals surface area contributed by atoms with Crippen molar-refractivity contribution in [3.05, 3.63) is 48.0 Å². The number of methoxy groups -OCH3 is 2. The third-order valence-electron chi connectivity index (χ3n) is 15.9. The zero-order valence-electron chi connectivity index (χ0n) is 48.4. The van der Waals surface area contributed by atoms with Gasteiger partial charge in [0.05, 0.1) is 49.3 Å². The van der Waals surface area contributed by atoms with Crippen LogP contribution < -0.4 is 16.0 Å². The van der Waals surface area contributed by atoms with Gasteiger partial charge in [0, 0.05) is 71.9 Å². The molecule has 0 radical (unpaired) electrons. The van der Waals surface area contributed by atoms with Crippen LogP contribution >= 0.6 is 0 Å². The second-order valence-electron chi connectivity index (χ2n) is 22.2. The molecule has 3 heterocycles. The Hall–Kier alpha value is -5.24. The molecule has 0 spiro atoms. The number of hydrogen-bond acceptors (Lipinski definition) is 12. The number of rotatable bonds is 32. The Morgan fingerprint density at radius 1 is 0.779 bits per heavy atom. The third kappa shape index (κ3) is 18.2. The van der Waals surface area contributed by atoms with Crippen LogP contribution in [0.5, 0.6) is 0 Å². The van der Waals surface area contributed by atoms with Crippen LogP contribution in [0.25, 0.3) is 0 Å². The van der Waals surface area contributed by atoms with Crippen LogP contribution in [-0.4, -0.2) is 182 Å². The van der Waals surface area contributed by atoms with Gasteiger partial charge in [-0.05, 0) is 81.9 Å². The molecule has 0 saturated carbocycles. The van der Waals surface area contributed by atoms with E-state index < -0.39 is 48.3 Å². The third-order valence-corrected chi connectivity index (χ3v) is 15.9. The normalized spacial score (nSPS) is 19.4. The van der Waals surface area contributed by atoms with Crippen molar-refractivity contribution in [2.45, 2.75) is 181 Å². The number of benzene rings is 1. The zero-order chi connectivity index (χ0) is 56.9. The minimum Gasteiger partial charge on any atom is -0.379 e. The van der Waals surface area contributed by atoms with Crippen LogP contribution in [0, 0.1) is 23.7 Å². The van der Waals surface area contributed by atoms with Gasteiger partial charge in [-0.1, -0.05) is 105 Å². The van der Waals surface area contributed by atoms with Gasteiger partial charge in [0.15, 0.2) is 0 Å². The molecule has 1 aromatic rings. The standard InChI is InChI=1S/C58H94N8O11/c1-13-40(6)53(63(10)57(73)50(38(2)3)60-56(72)52(39(4)5)62(9)32-20-15-14-19-31-59-46(67)28-24-34-65-47(68)29-30-48(65)69)45(75-11)37-49(70)64-33-23-27-44(64)54(76-12)42(8)55(71)61-51(41(7)43-25-17-16-18-26-43)58(74)66-35-21-22-36-77-66/h16-18,25-26,29-30,38-42,44-45,50-54H,13-15,19-24,27-28,31-37H2,1-12H3,(H,59,67)(H,60,72)(H,61,71)/t40?,41?,42?,44-,45?,50?,51?,52?,53?,54?/m0/s1. The summed E-state index contributed by atoms with van der Waals surface area (Å²) < 4.78 is 12.2. The molecule has 3 aliphatic rings. The summed E-state index contributed by atoms with van der Waals surface area (Å²) in [6.07, 6.45) is 8.75. The van der Waals surface area contributed by atoms with Crippen LogP contribution in [0.15, 0.2) is 42.5 Å². The molecule has 0 bridgehead atoms. The molecular weight excluding hydrogens is 985 g/mol. The number of carbonyl (C=O) groups excluding carboxylic acids is 8. The van der Waals surface area contributed by atoms with Crippen LogP contribution in [0.4, 0.5) is 0 Å². The maximum Gasteiger partial charge on any atom is 0.269 e. The molecule has 77 heavy (non-hydrogen) atoms. The Balaban J connectivity index is 1.36. The van der Waals surface area contributed by atoms with Gasteiger partial charge in [-0.15, -0.1) is 0 Å². The molecule has 10 atom stereocenters. The highest BCUT2D eigenvalue weighted by atomic mass is 16.7. The van der Waals surface area contributed by atoms with E-state index >= 15 is 0 Å². The second-order valence-corrected chi connectivity index (χ2v) is 22.2. The molecule has 8 amide bonds. The first-order chi connectivity index (χ1) is 36.7. The first kappa shape index (κ1) is 64.3. The van der Waals surface area contributed by atoms with E-state index in [-0.39, 0.29) is 90.3 Å².